The van der Waals surface area contributed by atoms with E-state index in [4.69, 9.17) is 9.84 Å². The fraction of sp³-hybridized carbons (Fsp3) is 0.957. The number of hydrogen-bond acceptors (Lipinski definition) is 3. The molecule has 0 aliphatic carbocycles. The Kier molecular flexibility index (Phi) is 20.3. The molecule has 1 unspecified atom stereocenters. The van der Waals surface area contributed by atoms with Crippen molar-refractivity contribution in [3.05, 3.63) is 0 Å². The number of rotatable bonds is 20. The summed E-state index contributed by atoms with van der Waals surface area (Å²) in [4.78, 5) is 11.6. The van der Waals surface area contributed by atoms with E-state index in [0.29, 0.717) is 12.8 Å². The van der Waals surface area contributed by atoms with E-state index in [9.17, 15) is 4.79 Å². The quantitative estimate of drug-likeness (QED) is 0.186. The molecular weight excluding hydrogens is 324 g/mol. The molecule has 3 heteroatoms. The van der Waals surface area contributed by atoms with Gasteiger partial charge < -0.3 is 9.84 Å². The first kappa shape index (κ1) is 25.4. The van der Waals surface area contributed by atoms with Gasteiger partial charge in [-0.15, -0.1) is 0 Å². The van der Waals surface area contributed by atoms with Gasteiger partial charge in [0, 0.05) is 6.42 Å². The first-order valence-corrected chi connectivity index (χ1v) is 11.5. The highest BCUT2D eigenvalue weighted by molar-refractivity contribution is 5.69. The largest absolute Gasteiger partial charge is 0.460 e. The third-order valence-corrected chi connectivity index (χ3v) is 5.19. The lowest BCUT2D eigenvalue weighted by Crippen LogP contribution is -2.20. The number of unbranched alkanes of at least 4 members (excludes halogenated alkanes) is 15. The first-order chi connectivity index (χ1) is 12.7. The molecule has 1 N–H and O–H groups in total. The minimum absolute atomic E-state index is 0.0683. The Morgan fingerprint density at radius 2 is 1.08 bits per heavy atom. The maximum absolute atomic E-state index is 11.6. The van der Waals surface area contributed by atoms with Crippen LogP contribution in [0, 0.1) is 0 Å². The second kappa shape index (κ2) is 20.7. The highest BCUT2D eigenvalue weighted by Crippen LogP contribution is 2.14. The molecule has 0 aromatic rings. The van der Waals surface area contributed by atoms with Crippen molar-refractivity contribution in [1.82, 2.24) is 0 Å². The Morgan fingerprint density at radius 3 is 1.42 bits per heavy atom. The molecule has 3 nitrogen and oxygen atoms in total. The average Bonchev–Trinajstić information content (AvgIpc) is 2.65. The number of aliphatic hydroxyl groups is 1. The van der Waals surface area contributed by atoms with Crippen LogP contribution in [0.4, 0.5) is 0 Å². The minimum Gasteiger partial charge on any atom is -0.460 e. The highest BCUT2D eigenvalue weighted by atomic mass is 16.5. The molecule has 1 atom stereocenters. The van der Waals surface area contributed by atoms with Crippen molar-refractivity contribution in [2.24, 2.45) is 0 Å². The van der Waals surface area contributed by atoms with Crippen molar-refractivity contribution in [3.8, 4) is 0 Å². The average molecular weight is 371 g/mol. The zero-order chi connectivity index (χ0) is 19.3. The summed E-state index contributed by atoms with van der Waals surface area (Å²) in [5.74, 6) is -0.156. The Morgan fingerprint density at radius 1 is 0.692 bits per heavy atom. The highest BCUT2D eigenvalue weighted by Gasteiger charge is 2.10. The summed E-state index contributed by atoms with van der Waals surface area (Å²) >= 11 is 0. The van der Waals surface area contributed by atoms with Gasteiger partial charge in [-0.2, -0.15) is 0 Å². The summed E-state index contributed by atoms with van der Waals surface area (Å²) in [7, 11) is 0. The zero-order valence-electron chi connectivity index (χ0n) is 17.8. The van der Waals surface area contributed by atoms with Crippen LogP contribution in [-0.2, 0) is 9.53 Å². The molecule has 26 heavy (non-hydrogen) atoms. The molecule has 0 heterocycles. The molecule has 0 radical (unpaired) electrons. The summed E-state index contributed by atoms with van der Waals surface area (Å²) < 4.78 is 5.18. The molecule has 0 aliphatic rings. The third-order valence-electron chi connectivity index (χ3n) is 5.19. The van der Waals surface area contributed by atoms with Crippen molar-refractivity contribution in [2.45, 2.75) is 136 Å². The van der Waals surface area contributed by atoms with Crippen LogP contribution in [0.3, 0.4) is 0 Å². The molecule has 0 aliphatic heterocycles. The van der Waals surface area contributed by atoms with E-state index < -0.39 is 0 Å². The number of carbonyl (C=O) groups excluding carboxylic acids is 1. The SMILES string of the molecule is CCCCCCCCCCCCCCCCCCC(=O)OC(CC)CO. The van der Waals surface area contributed by atoms with Crippen LogP contribution in [0.5, 0.6) is 0 Å². The van der Waals surface area contributed by atoms with Crippen molar-refractivity contribution in [2.75, 3.05) is 6.61 Å². The number of carbonyl (C=O) groups is 1. The van der Waals surface area contributed by atoms with Gasteiger partial charge in [-0.1, -0.05) is 110 Å². The van der Waals surface area contributed by atoms with E-state index in [2.05, 4.69) is 6.92 Å². The van der Waals surface area contributed by atoms with Crippen LogP contribution in [0.25, 0.3) is 0 Å². The lowest BCUT2D eigenvalue weighted by Gasteiger charge is -2.12. The van der Waals surface area contributed by atoms with Crippen LogP contribution in [0.2, 0.25) is 0 Å². The van der Waals surface area contributed by atoms with Gasteiger partial charge in [0.25, 0.3) is 0 Å². The Balaban J connectivity index is 3.16. The van der Waals surface area contributed by atoms with Crippen LogP contribution >= 0.6 is 0 Å². The van der Waals surface area contributed by atoms with Gasteiger partial charge in [0.05, 0.1) is 6.61 Å². The Labute approximate surface area is 163 Å². The van der Waals surface area contributed by atoms with Crippen LogP contribution in [0.1, 0.15) is 129 Å². The lowest BCUT2D eigenvalue weighted by atomic mass is 10.0. The first-order valence-electron chi connectivity index (χ1n) is 11.5. The van der Waals surface area contributed by atoms with Crippen LogP contribution < -0.4 is 0 Å². The number of ether oxygens (including phenoxy) is 1. The van der Waals surface area contributed by atoms with Crippen LogP contribution in [0.15, 0.2) is 0 Å². The monoisotopic (exact) mass is 370 g/mol. The molecule has 0 saturated carbocycles. The van der Waals surface area contributed by atoms with Gasteiger partial charge in [-0.05, 0) is 12.8 Å². The van der Waals surface area contributed by atoms with Crippen molar-refractivity contribution in [1.29, 1.82) is 0 Å². The van der Waals surface area contributed by atoms with Crippen molar-refractivity contribution in [3.63, 3.8) is 0 Å². The fourth-order valence-corrected chi connectivity index (χ4v) is 3.31. The van der Waals surface area contributed by atoms with Gasteiger partial charge in [-0.25, -0.2) is 0 Å². The maximum atomic E-state index is 11.6. The summed E-state index contributed by atoms with van der Waals surface area (Å²) in [6, 6.07) is 0. The smallest absolute Gasteiger partial charge is 0.306 e. The predicted molar refractivity (Wildman–Crippen MR) is 111 cm³/mol. The van der Waals surface area contributed by atoms with Gasteiger partial charge in [0.2, 0.25) is 0 Å². The molecule has 0 fully saturated rings. The molecular formula is C23H46O3. The van der Waals surface area contributed by atoms with E-state index >= 15 is 0 Å². The third kappa shape index (κ3) is 18.2. The van der Waals surface area contributed by atoms with Gasteiger partial charge in [0.15, 0.2) is 0 Å². The maximum Gasteiger partial charge on any atom is 0.306 e. The second-order valence-corrected chi connectivity index (χ2v) is 7.76. The summed E-state index contributed by atoms with van der Waals surface area (Å²) in [5.41, 5.74) is 0. The molecule has 0 spiro atoms. The normalized spacial score (nSPS) is 12.3. The second-order valence-electron chi connectivity index (χ2n) is 7.76. The standard InChI is InChI=1S/C23H46O3/c1-3-5-6-7-8-9-10-11-12-13-14-15-16-17-18-19-20-23(25)26-22(4-2)21-24/h22,24H,3-21H2,1-2H3. The molecule has 0 bridgehead atoms. The fourth-order valence-electron chi connectivity index (χ4n) is 3.31. The molecule has 0 aromatic carbocycles. The van der Waals surface area contributed by atoms with E-state index in [1.165, 1.54) is 89.9 Å². The molecule has 0 saturated heterocycles. The van der Waals surface area contributed by atoms with E-state index in [0.717, 1.165) is 12.8 Å². The van der Waals surface area contributed by atoms with Gasteiger partial charge in [-0.3, -0.25) is 4.79 Å². The van der Waals surface area contributed by atoms with E-state index in [1.54, 1.807) is 0 Å². The Bertz CT molecular complexity index is 287. The topological polar surface area (TPSA) is 46.5 Å². The summed E-state index contributed by atoms with van der Waals surface area (Å²) in [6.07, 6.45) is 22.2. The number of hydrogen-bond donors (Lipinski definition) is 1. The van der Waals surface area contributed by atoms with Gasteiger partial charge in [0.1, 0.15) is 6.10 Å². The molecule has 156 valence electrons. The molecule has 0 aromatic heterocycles. The predicted octanol–water partition coefficient (Wildman–Crippen LogP) is 6.95. The zero-order valence-corrected chi connectivity index (χ0v) is 17.8. The summed E-state index contributed by atoms with van der Waals surface area (Å²) in [5, 5.41) is 9.01. The summed E-state index contributed by atoms with van der Waals surface area (Å²) in [6.45, 7) is 4.13. The van der Waals surface area contributed by atoms with Crippen molar-refractivity contribution < 1.29 is 14.6 Å². The van der Waals surface area contributed by atoms with Crippen LogP contribution in [-0.4, -0.2) is 23.8 Å². The van der Waals surface area contributed by atoms with E-state index in [1.807, 2.05) is 6.92 Å². The minimum atomic E-state index is -0.316. The van der Waals surface area contributed by atoms with E-state index in [-0.39, 0.29) is 18.7 Å². The molecule has 0 rings (SSSR count). The molecule has 0 amide bonds. The number of aliphatic hydroxyl groups excluding tert-OH is 1. The van der Waals surface area contributed by atoms with Gasteiger partial charge >= 0.3 is 5.97 Å². The van der Waals surface area contributed by atoms with Crippen molar-refractivity contribution >= 4 is 5.97 Å². The Hall–Kier alpha value is -0.570. The number of esters is 1. The lowest BCUT2D eigenvalue weighted by molar-refractivity contribution is -0.151.